The number of aryl methyl sites for hydroxylation is 1. The van der Waals surface area contributed by atoms with E-state index in [2.05, 4.69) is 31.2 Å². The number of phenolic OH excluding ortho intramolecular Hbond substituents is 3. The van der Waals surface area contributed by atoms with Crippen molar-refractivity contribution in [3.05, 3.63) is 131 Å². The van der Waals surface area contributed by atoms with Gasteiger partial charge in [-0.1, -0.05) is 86.2 Å². The lowest BCUT2D eigenvalue weighted by molar-refractivity contribution is 0.124. The van der Waals surface area contributed by atoms with E-state index in [9.17, 15) is 20.4 Å². The monoisotopic (exact) mass is 518 g/mol. The van der Waals surface area contributed by atoms with E-state index in [0.717, 1.165) is 29.5 Å². The molecule has 2 unspecified atom stereocenters. The van der Waals surface area contributed by atoms with Crippen LogP contribution in [0.2, 0.25) is 0 Å². The number of para-hydroxylation sites is 1. The molecule has 0 radical (unpaired) electrons. The summed E-state index contributed by atoms with van der Waals surface area (Å²) in [6, 6.07) is 26.6. The minimum atomic E-state index is -1.10. The quantitative estimate of drug-likeness (QED) is 0.189. The molecule has 4 N–H and O–H groups in total. The highest BCUT2D eigenvalue weighted by atomic mass is 16.3. The lowest BCUT2D eigenvalue weighted by Gasteiger charge is -2.29. The third-order valence-corrected chi connectivity index (χ3v) is 7.54. The zero-order chi connectivity index (χ0) is 27.6. The molecule has 2 atom stereocenters. The van der Waals surface area contributed by atoms with Crippen LogP contribution in [0.4, 0.5) is 0 Å². The zero-order valence-electron chi connectivity index (χ0n) is 22.3. The van der Waals surface area contributed by atoms with Crippen molar-refractivity contribution in [1.82, 2.24) is 0 Å². The van der Waals surface area contributed by atoms with Crippen molar-refractivity contribution >= 4 is 5.57 Å². The first-order valence-electron chi connectivity index (χ1n) is 13.4. The van der Waals surface area contributed by atoms with Gasteiger partial charge in [-0.3, -0.25) is 0 Å². The molecule has 1 aliphatic carbocycles. The van der Waals surface area contributed by atoms with Crippen molar-refractivity contribution in [2.24, 2.45) is 0 Å². The van der Waals surface area contributed by atoms with Gasteiger partial charge in [0, 0.05) is 22.6 Å². The van der Waals surface area contributed by atoms with Crippen LogP contribution < -0.4 is 0 Å². The smallest absolute Gasteiger partial charge is 0.123 e. The average Bonchev–Trinajstić information content (AvgIpc) is 2.92. The zero-order valence-corrected chi connectivity index (χ0v) is 22.3. The van der Waals surface area contributed by atoms with Gasteiger partial charge in [-0.05, 0) is 77.9 Å². The number of hydrogen-bond donors (Lipinski definition) is 4. The molecule has 4 aromatic rings. The van der Waals surface area contributed by atoms with Gasteiger partial charge >= 0.3 is 0 Å². The molecule has 0 aromatic heterocycles. The van der Waals surface area contributed by atoms with E-state index in [1.165, 1.54) is 5.56 Å². The maximum atomic E-state index is 11.1. The third kappa shape index (κ3) is 5.34. The summed E-state index contributed by atoms with van der Waals surface area (Å²) in [4.78, 5) is 0. The van der Waals surface area contributed by atoms with E-state index in [-0.39, 0.29) is 23.2 Å². The second-order valence-corrected chi connectivity index (χ2v) is 10.5. The summed E-state index contributed by atoms with van der Waals surface area (Å²) in [6.45, 7) is 3.92. The molecule has 0 saturated carbocycles. The van der Waals surface area contributed by atoms with Crippen LogP contribution in [0.3, 0.4) is 0 Å². The first-order valence-corrected chi connectivity index (χ1v) is 13.4. The first kappa shape index (κ1) is 26.3. The van der Waals surface area contributed by atoms with Crippen LogP contribution in [0.25, 0.3) is 16.7 Å². The maximum absolute atomic E-state index is 11.1. The number of aromatic hydroxyl groups is 3. The molecule has 0 aliphatic heterocycles. The molecule has 0 heterocycles. The standard InChI is InChI=1S/C35H34O4/c1-3-8-23-12-14-24(15-13-23)34(25-16-18-32(37)28(21-25)27-9-4-5-11-31(27)36)26-17-19-33(38)29(22-26)30-10-6-7-20-35(30,2)39/h4-7,9-19,21-22,34,36-39H,3,8,20H2,1-2H3. The number of allylic oxidation sites excluding steroid dienone is 2. The minimum Gasteiger partial charge on any atom is -0.507 e. The van der Waals surface area contributed by atoms with E-state index in [4.69, 9.17) is 0 Å². The predicted molar refractivity (Wildman–Crippen MR) is 157 cm³/mol. The number of rotatable bonds is 7. The fourth-order valence-electron chi connectivity index (χ4n) is 5.47. The Morgan fingerprint density at radius 2 is 1.31 bits per heavy atom. The van der Waals surface area contributed by atoms with Crippen molar-refractivity contribution in [3.8, 4) is 28.4 Å². The van der Waals surface area contributed by atoms with Gasteiger partial charge in [-0.25, -0.2) is 0 Å². The topological polar surface area (TPSA) is 80.9 Å². The summed E-state index contributed by atoms with van der Waals surface area (Å²) in [6.07, 6.45) is 8.21. The van der Waals surface area contributed by atoms with Crippen LogP contribution in [0.15, 0.2) is 103 Å². The van der Waals surface area contributed by atoms with Gasteiger partial charge in [0.05, 0.1) is 5.60 Å². The molecule has 198 valence electrons. The Labute approximate surface area is 229 Å². The van der Waals surface area contributed by atoms with Gasteiger partial charge in [0.15, 0.2) is 0 Å². The second kappa shape index (κ2) is 10.8. The number of aliphatic hydroxyl groups is 1. The highest BCUT2D eigenvalue weighted by molar-refractivity contribution is 5.79. The van der Waals surface area contributed by atoms with Gasteiger partial charge in [-0.15, -0.1) is 0 Å². The summed E-state index contributed by atoms with van der Waals surface area (Å²) in [7, 11) is 0. The number of phenols is 3. The Kier molecular flexibility index (Phi) is 7.32. The molecule has 4 aromatic carbocycles. The molecule has 0 fully saturated rings. The normalized spacial score (nSPS) is 17.6. The lowest BCUT2D eigenvalue weighted by Crippen LogP contribution is -2.26. The number of benzene rings is 4. The molecule has 0 spiro atoms. The molecule has 4 nitrogen and oxygen atoms in total. The predicted octanol–water partition coefficient (Wildman–Crippen LogP) is 7.70. The van der Waals surface area contributed by atoms with Crippen molar-refractivity contribution in [1.29, 1.82) is 0 Å². The summed E-state index contributed by atoms with van der Waals surface area (Å²) >= 11 is 0. The average molecular weight is 519 g/mol. The fourth-order valence-corrected chi connectivity index (χ4v) is 5.47. The molecule has 4 heteroatoms. The highest BCUT2D eigenvalue weighted by Crippen LogP contribution is 2.43. The molecule has 1 aliphatic rings. The summed E-state index contributed by atoms with van der Waals surface area (Å²) in [5, 5.41) is 43.2. The van der Waals surface area contributed by atoms with E-state index in [0.29, 0.717) is 28.7 Å². The van der Waals surface area contributed by atoms with Crippen molar-refractivity contribution < 1.29 is 20.4 Å². The molecule has 0 amide bonds. The van der Waals surface area contributed by atoms with Crippen LogP contribution in [0, 0.1) is 0 Å². The summed E-state index contributed by atoms with van der Waals surface area (Å²) in [5.74, 6) is 0.0591. The third-order valence-electron chi connectivity index (χ3n) is 7.54. The van der Waals surface area contributed by atoms with E-state index < -0.39 is 5.60 Å². The molecule has 5 rings (SSSR count). The van der Waals surface area contributed by atoms with E-state index in [1.807, 2.05) is 48.6 Å². The maximum Gasteiger partial charge on any atom is 0.123 e. The molecule has 0 saturated heterocycles. The molecular formula is C35H34O4. The Bertz CT molecular complexity index is 1540. The van der Waals surface area contributed by atoms with Gasteiger partial charge in [0.25, 0.3) is 0 Å². The summed E-state index contributed by atoms with van der Waals surface area (Å²) < 4.78 is 0. The second-order valence-electron chi connectivity index (χ2n) is 10.5. The van der Waals surface area contributed by atoms with Crippen LogP contribution >= 0.6 is 0 Å². The Morgan fingerprint density at radius 1 is 0.718 bits per heavy atom. The molecule has 0 bridgehead atoms. The largest absolute Gasteiger partial charge is 0.507 e. The Morgan fingerprint density at radius 3 is 1.95 bits per heavy atom. The molecular weight excluding hydrogens is 484 g/mol. The van der Waals surface area contributed by atoms with Gasteiger partial charge in [0.2, 0.25) is 0 Å². The molecule has 39 heavy (non-hydrogen) atoms. The van der Waals surface area contributed by atoms with Crippen LogP contribution in [-0.4, -0.2) is 26.0 Å². The summed E-state index contributed by atoms with van der Waals surface area (Å²) in [5.41, 5.74) is 5.44. The Hall–Kier alpha value is -4.28. The SMILES string of the molecule is CCCc1ccc(C(c2ccc(O)c(C3=CC=CCC3(C)O)c2)c2ccc(O)c(-c3ccccc3O)c2)cc1. The highest BCUT2D eigenvalue weighted by Gasteiger charge is 2.30. The fraction of sp³-hybridized carbons (Fsp3) is 0.200. The van der Waals surface area contributed by atoms with Crippen molar-refractivity contribution in [2.75, 3.05) is 0 Å². The van der Waals surface area contributed by atoms with Crippen LogP contribution in [0.5, 0.6) is 17.2 Å². The number of hydrogen-bond acceptors (Lipinski definition) is 4. The van der Waals surface area contributed by atoms with E-state index >= 15 is 0 Å². The van der Waals surface area contributed by atoms with Crippen molar-refractivity contribution in [3.63, 3.8) is 0 Å². The minimum absolute atomic E-state index is 0.0823. The van der Waals surface area contributed by atoms with E-state index in [1.54, 1.807) is 37.3 Å². The van der Waals surface area contributed by atoms with Crippen LogP contribution in [-0.2, 0) is 6.42 Å². The lowest BCUT2D eigenvalue weighted by atomic mass is 9.79. The van der Waals surface area contributed by atoms with Gasteiger partial charge in [0.1, 0.15) is 17.2 Å². The Balaban J connectivity index is 1.69. The first-order chi connectivity index (χ1) is 18.8. The van der Waals surface area contributed by atoms with Gasteiger partial charge in [-0.2, -0.15) is 0 Å². The van der Waals surface area contributed by atoms with Crippen LogP contribution in [0.1, 0.15) is 60.4 Å². The van der Waals surface area contributed by atoms with Gasteiger partial charge < -0.3 is 20.4 Å². The van der Waals surface area contributed by atoms with Crippen molar-refractivity contribution in [2.45, 2.75) is 44.6 Å².